The van der Waals surface area contributed by atoms with Gasteiger partial charge in [-0.3, -0.25) is 0 Å². The molecule has 0 saturated carbocycles. The van der Waals surface area contributed by atoms with Crippen molar-refractivity contribution in [2.45, 2.75) is 97.7 Å². The van der Waals surface area contributed by atoms with Crippen molar-refractivity contribution < 1.29 is 17.9 Å². The van der Waals surface area contributed by atoms with E-state index in [1.165, 1.54) is 11.1 Å². The van der Waals surface area contributed by atoms with Gasteiger partial charge in [-0.25, -0.2) is 9.98 Å². The Balaban J connectivity index is 0.00000137. The summed E-state index contributed by atoms with van der Waals surface area (Å²) in [4.78, 5) is 10.1. The van der Waals surface area contributed by atoms with Crippen LogP contribution in [0, 0.1) is 0 Å². The minimum absolute atomic E-state index is 0.0658. The second-order valence-corrected chi connectivity index (χ2v) is 13.0. The molecular formula is C29H41Cl2FeN2O+. The first-order valence-corrected chi connectivity index (χ1v) is 15.3. The van der Waals surface area contributed by atoms with Crippen LogP contribution in [0.25, 0.3) is 0 Å². The molecule has 2 atom stereocenters. The number of hydrogen-bond acceptors (Lipinski definition) is 2. The van der Waals surface area contributed by atoms with Crippen molar-refractivity contribution in [3.05, 3.63) is 59.7 Å². The molecule has 1 aliphatic rings. The summed E-state index contributed by atoms with van der Waals surface area (Å²) < 4.78 is 5.20. The van der Waals surface area contributed by atoms with E-state index in [2.05, 4.69) is 104 Å². The second-order valence-electron chi connectivity index (χ2n) is 11.2. The summed E-state index contributed by atoms with van der Waals surface area (Å²) in [6.45, 7) is 17.7. The van der Waals surface area contributed by atoms with Gasteiger partial charge in [0.05, 0.1) is 22.8 Å². The van der Waals surface area contributed by atoms with E-state index >= 15 is 0 Å². The van der Waals surface area contributed by atoms with Gasteiger partial charge in [0.2, 0.25) is 0 Å². The molecule has 2 aromatic rings. The van der Waals surface area contributed by atoms with Crippen molar-refractivity contribution in [3.63, 3.8) is 0 Å². The number of aliphatic imine (C=N–C) groups is 2. The Morgan fingerprint density at radius 2 is 1.09 bits per heavy atom. The molecule has 35 heavy (non-hydrogen) atoms. The number of ether oxygens (including phenoxy) is 1. The monoisotopic (exact) mass is 559 g/mol. The summed E-state index contributed by atoms with van der Waals surface area (Å²) in [5.41, 5.74) is 7.04. The van der Waals surface area contributed by atoms with Gasteiger partial charge in [-0.05, 0) is 54.4 Å². The molecule has 194 valence electrons. The van der Waals surface area contributed by atoms with E-state index in [1.807, 2.05) is 0 Å². The zero-order valence-electron chi connectivity index (χ0n) is 22.3. The van der Waals surface area contributed by atoms with Crippen LogP contribution in [0.1, 0.15) is 85.8 Å². The van der Waals surface area contributed by atoms with Crippen molar-refractivity contribution in [3.8, 4) is 0 Å². The van der Waals surface area contributed by atoms with Crippen LogP contribution in [0.15, 0.2) is 58.5 Å². The third-order valence-corrected chi connectivity index (χ3v) is 6.30. The number of para-hydroxylation sites is 2. The molecule has 3 nitrogen and oxygen atoms in total. The number of benzene rings is 2. The molecule has 1 N–H and O–H groups in total. The Bertz CT molecular complexity index is 942. The summed E-state index contributed by atoms with van der Waals surface area (Å²) >= 11 is 0.194. The second kappa shape index (κ2) is 13.4. The van der Waals surface area contributed by atoms with E-state index in [1.54, 1.807) is 0 Å². The molecule has 6 heteroatoms. The Hall–Kier alpha value is -1.16. The van der Waals surface area contributed by atoms with E-state index in [0.29, 0.717) is 0 Å². The number of rotatable bonds is 4. The van der Waals surface area contributed by atoms with Gasteiger partial charge in [-0.1, -0.05) is 77.9 Å². The maximum atomic E-state index is 5.20. The van der Waals surface area contributed by atoms with Crippen LogP contribution < -0.4 is 0 Å². The first-order chi connectivity index (χ1) is 16.4. The number of hydrogen-bond donors (Lipinski definition) is 0. The van der Waals surface area contributed by atoms with E-state index in [9.17, 15) is 0 Å². The molecule has 0 radical (unpaired) electrons. The van der Waals surface area contributed by atoms with Gasteiger partial charge >= 0.3 is 33.3 Å². The number of nitrogens with zero attached hydrogens (tertiary/aromatic N) is 2. The molecule has 3 rings (SSSR count). The average molecular weight is 560 g/mol. The predicted octanol–water partition coefficient (Wildman–Crippen LogP) is 8.99. The molecule has 1 fully saturated rings. The van der Waals surface area contributed by atoms with Crippen molar-refractivity contribution in [1.29, 1.82) is 0 Å². The third kappa shape index (κ3) is 9.02. The fourth-order valence-electron chi connectivity index (χ4n) is 4.44. The molecule has 0 spiro atoms. The third-order valence-electron chi connectivity index (χ3n) is 6.30. The van der Waals surface area contributed by atoms with Crippen LogP contribution in [0.5, 0.6) is 0 Å². The van der Waals surface area contributed by atoms with E-state index in [4.69, 9.17) is 34.9 Å². The fraction of sp³-hybridized carbons (Fsp3) is 0.517. The average Bonchev–Trinajstić information content (AvgIpc) is 2.79. The number of aliphatic hydroxyl groups is 2. The Morgan fingerprint density at radius 3 is 1.43 bits per heavy atom. The van der Waals surface area contributed by atoms with Gasteiger partial charge < -0.3 is 4.74 Å². The molecule has 0 bridgehead atoms. The molecule has 0 aliphatic carbocycles. The van der Waals surface area contributed by atoms with Crippen LogP contribution in [-0.4, -0.2) is 28.4 Å². The van der Waals surface area contributed by atoms with Gasteiger partial charge in [0.25, 0.3) is 0 Å². The molecule has 0 amide bonds. The quantitative estimate of drug-likeness (QED) is 0.203. The van der Waals surface area contributed by atoms with E-state index in [-0.39, 0.29) is 36.2 Å². The molecule has 2 unspecified atom stereocenters. The first kappa shape index (κ1) is 30.1. The topological polar surface area (TPSA) is 37.5 Å². The Morgan fingerprint density at radius 1 is 0.743 bits per heavy atom. The molecule has 0 aromatic heterocycles. The summed E-state index contributed by atoms with van der Waals surface area (Å²) in [5, 5.41) is 0. The first-order valence-electron chi connectivity index (χ1n) is 12.2. The SMILES string of the molecule is CC(=Nc1ccccc1C(C)(C)C)C1CCCC(C(C)=Nc2ccccc2C(C)(C)C)[OH+]1.[Cl][Fe][Cl]. The zero-order valence-corrected chi connectivity index (χ0v) is 25.0. The number of halogens is 2. The van der Waals surface area contributed by atoms with Gasteiger partial charge in [-0.2, -0.15) is 0 Å². The molecule has 1 aliphatic heterocycles. The van der Waals surface area contributed by atoms with Gasteiger partial charge in [0, 0.05) is 12.8 Å². The summed E-state index contributed by atoms with van der Waals surface area (Å²) in [6, 6.07) is 17.0. The summed E-state index contributed by atoms with van der Waals surface area (Å²) in [6.07, 6.45) is 3.60. The minimum atomic E-state index is 0.0658. The fourth-order valence-corrected chi connectivity index (χ4v) is 4.44. The van der Waals surface area contributed by atoms with E-state index < -0.39 is 0 Å². The van der Waals surface area contributed by atoms with Crippen molar-refractivity contribution in [2.75, 3.05) is 0 Å². The standard InChI is InChI=1S/C29H40N2O.2ClH.Fe/c1-20(30-24-16-11-9-14-22(24)28(3,4)5)26-18-13-19-27(32-26)21(2)31-25-17-12-10-15-23(25)29(6,7)8;;;/h9-12,14-17,26-27H,13,18-19H2,1-8H3;2*1H;/q;;;+2/p-1. The van der Waals surface area contributed by atoms with Crippen LogP contribution in [0.4, 0.5) is 11.4 Å². The van der Waals surface area contributed by atoms with Gasteiger partial charge in [-0.15, -0.1) is 0 Å². The van der Waals surface area contributed by atoms with Crippen LogP contribution in [-0.2, 0) is 24.0 Å². The van der Waals surface area contributed by atoms with Crippen LogP contribution in [0.2, 0.25) is 0 Å². The zero-order chi connectivity index (χ0) is 26.2. The van der Waals surface area contributed by atoms with Crippen molar-refractivity contribution in [2.24, 2.45) is 9.98 Å². The van der Waals surface area contributed by atoms with Crippen molar-refractivity contribution in [1.82, 2.24) is 0 Å². The van der Waals surface area contributed by atoms with Gasteiger partial charge in [0.15, 0.2) is 12.2 Å². The Kier molecular flexibility index (Phi) is 11.5. The molecule has 1 saturated heterocycles. The van der Waals surface area contributed by atoms with Gasteiger partial charge in [0.1, 0.15) is 0 Å². The van der Waals surface area contributed by atoms with E-state index in [0.717, 1.165) is 42.1 Å². The summed E-state index contributed by atoms with van der Waals surface area (Å²) in [5.74, 6) is 0. The summed E-state index contributed by atoms with van der Waals surface area (Å²) in [7, 11) is 9.53. The van der Waals surface area contributed by atoms with Crippen LogP contribution in [0.3, 0.4) is 0 Å². The Labute approximate surface area is 227 Å². The molecule has 2 aromatic carbocycles. The molecular weight excluding hydrogens is 519 g/mol. The maximum absolute atomic E-state index is 5.20. The predicted molar refractivity (Wildman–Crippen MR) is 151 cm³/mol. The van der Waals surface area contributed by atoms with Crippen molar-refractivity contribution >= 4 is 43.0 Å². The molecule has 1 heterocycles. The normalized spacial score (nSPS) is 19.8. The van der Waals surface area contributed by atoms with Crippen LogP contribution >= 0.6 is 20.2 Å².